The molecule has 2 bridgehead atoms. The van der Waals surface area contributed by atoms with Crippen molar-refractivity contribution < 1.29 is 4.79 Å². The summed E-state index contributed by atoms with van der Waals surface area (Å²) in [6.45, 7) is 4.83. The molecule has 3 rings (SSSR count). The summed E-state index contributed by atoms with van der Waals surface area (Å²) in [5, 5.41) is 3.64. The van der Waals surface area contributed by atoms with Gasteiger partial charge in [-0.05, 0) is 51.2 Å². The van der Waals surface area contributed by atoms with Crippen LogP contribution in [0.15, 0.2) is 18.5 Å². The van der Waals surface area contributed by atoms with Crippen LogP contribution < -0.4 is 5.32 Å². The van der Waals surface area contributed by atoms with Crippen LogP contribution in [0.4, 0.5) is 0 Å². The highest BCUT2D eigenvalue weighted by Crippen LogP contribution is 2.30. The van der Waals surface area contributed by atoms with Gasteiger partial charge in [-0.25, -0.2) is 0 Å². The number of aryl methyl sites for hydroxylation is 1. The minimum atomic E-state index is 0.134. The van der Waals surface area contributed by atoms with Crippen molar-refractivity contribution >= 4 is 5.91 Å². The molecule has 0 aromatic carbocycles. The van der Waals surface area contributed by atoms with Crippen LogP contribution in [0.5, 0.6) is 0 Å². The summed E-state index contributed by atoms with van der Waals surface area (Å²) in [4.78, 5) is 18.9. The molecule has 1 aromatic rings. The van der Waals surface area contributed by atoms with Crippen LogP contribution >= 0.6 is 0 Å². The van der Waals surface area contributed by atoms with E-state index in [0.717, 1.165) is 30.5 Å². The average molecular weight is 273 g/mol. The SMILES string of the molecule is CCN(C(=O)c1cncc(C)c1)C1CC2CCC(C1)N2. The van der Waals surface area contributed by atoms with Gasteiger partial charge in [-0.1, -0.05) is 0 Å². The van der Waals surface area contributed by atoms with E-state index in [-0.39, 0.29) is 5.91 Å². The Hall–Kier alpha value is -1.42. The maximum absolute atomic E-state index is 12.7. The van der Waals surface area contributed by atoms with Gasteiger partial charge in [-0.15, -0.1) is 0 Å². The first-order valence-electron chi connectivity index (χ1n) is 7.66. The molecule has 1 aromatic heterocycles. The monoisotopic (exact) mass is 273 g/mol. The predicted molar refractivity (Wildman–Crippen MR) is 78.7 cm³/mol. The third-order valence-electron chi connectivity index (χ3n) is 4.61. The van der Waals surface area contributed by atoms with Crippen molar-refractivity contribution in [2.24, 2.45) is 0 Å². The summed E-state index contributed by atoms with van der Waals surface area (Å²) in [7, 11) is 0. The molecule has 0 spiro atoms. The molecular formula is C16H23N3O. The molecule has 0 radical (unpaired) electrons. The molecule has 2 saturated heterocycles. The number of pyridine rings is 1. The Balaban J connectivity index is 1.77. The molecule has 0 aliphatic carbocycles. The largest absolute Gasteiger partial charge is 0.336 e. The zero-order valence-corrected chi connectivity index (χ0v) is 12.3. The number of fused-ring (bicyclic) bond motifs is 2. The van der Waals surface area contributed by atoms with E-state index in [4.69, 9.17) is 0 Å². The van der Waals surface area contributed by atoms with Crippen molar-refractivity contribution in [3.8, 4) is 0 Å². The third-order valence-corrected chi connectivity index (χ3v) is 4.61. The summed E-state index contributed by atoms with van der Waals surface area (Å²) in [5.74, 6) is 0.134. The van der Waals surface area contributed by atoms with E-state index in [9.17, 15) is 4.79 Å². The van der Waals surface area contributed by atoms with Crippen LogP contribution in [0, 0.1) is 6.92 Å². The fraction of sp³-hybridized carbons (Fsp3) is 0.625. The molecular weight excluding hydrogens is 250 g/mol. The van der Waals surface area contributed by atoms with Crippen LogP contribution in [-0.2, 0) is 0 Å². The number of nitrogens with one attached hydrogen (secondary N) is 1. The van der Waals surface area contributed by atoms with E-state index in [1.165, 1.54) is 12.8 Å². The molecule has 4 nitrogen and oxygen atoms in total. The summed E-state index contributed by atoms with van der Waals surface area (Å²) in [5.41, 5.74) is 1.76. The minimum absolute atomic E-state index is 0.134. The fourth-order valence-electron chi connectivity index (χ4n) is 3.69. The van der Waals surface area contributed by atoms with Gasteiger partial charge < -0.3 is 10.2 Å². The number of piperidine rings is 1. The fourth-order valence-corrected chi connectivity index (χ4v) is 3.69. The molecule has 0 saturated carbocycles. The molecule has 2 atom stereocenters. The number of aromatic nitrogens is 1. The number of nitrogens with zero attached hydrogens (tertiary/aromatic N) is 2. The molecule has 2 aliphatic rings. The molecule has 2 fully saturated rings. The Morgan fingerprint density at radius 1 is 1.35 bits per heavy atom. The van der Waals surface area contributed by atoms with Crippen molar-refractivity contribution in [1.29, 1.82) is 0 Å². The topological polar surface area (TPSA) is 45.2 Å². The van der Waals surface area contributed by atoms with Gasteiger partial charge in [-0.2, -0.15) is 0 Å². The van der Waals surface area contributed by atoms with E-state index in [1.807, 2.05) is 17.9 Å². The van der Waals surface area contributed by atoms with Gasteiger partial charge in [0.2, 0.25) is 0 Å². The first-order chi connectivity index (χ1) is 9.67. The number of carbonyl (C=O) groups is 1. The zero-order chi connectivity index (χ0) is 14.1. The van der Waals surface area contributed by atoms with Crippen molar-refractivity contribution in [1.82, 2.24) is 15.2 Å². The quantitative estimate of drug-likeness (QED) is 0.917. The third kappa shape index (κ3) is 2.57. The van der Waals surface area contributed by atoms with Crippen molar-refractivity contribution in [3.63, 3.8) is 0 Å². The van der Waals surface area contributed by atoms with Crippen molar-refractivity contribution in [2.45, 2.75) is 57.7 Å². The lowest BCUT2D eigenvalue weighted by atomic mass is 9.97. The smallest absolute Gasteiger partial charge is 0.255 e. The van der Waals surface area contributed by atoms with Gasteiger partial charge >= 0.3 is 0 Å². The Morgan fingerprint density at radius 2 is 2.05 bits per heavy atom. The van der Waals surface area contributed by atoms with Gasteiger partial charge in [0.1, 0.15) is 0 Å². The zero-order valence-electron chi connectivity index (χ0n) is 12.3. The number of rotatable bonds is 3. The Labute approximate surface area is 120 Å². The summed E-state index contributed by atoms with van der Waals surface area (Å²) in [6.07, 6.45) is 8.19. The highest BCUT2D eigenvalue weighted by atomic mass is 16.2. The molecule has 2 unspecified atom stereocenters. The molecule has 1 N–H and O–H groups in total. The number of hydrogen-bond acceptors (Lipinski definition) is 3. The highest BCUT2D eigenvalue weighted by Gasteiger charge is 2.37. The standard InChI is InChI=1S/C16H23N3O/c1-3-19(15-7-13-4-5-14(8-15)18-13)16(20)12-6-11(2)9-17-10-12/h6,9-10,13-15,18H,3-5,7-8H2,1-2H3. The number of carbonyl (C=O) groups excluding carboxylic acids is 1. The maximum atomic E-state index is 12.7. The first-order valence-corrected chi connectivity index (χ1v) is 7.66. The second-order valence-corrected chi connectivity index (χ2v) is 6.11. The first kappa shape index (κ1) is 13.6. The molecule has 1 amide bonds. The van der Waals surface area contributed by atoms with Gasteiger partial charge in [-0.3, -0.25) is 9.78 Å². The molecule has 4 heteroatoms. The Kier molecular flexibility index (Phi) is 3.74. The Morgan fingerprint density at radius 3 is 2.65 bits per heavy atom. The summed E-state index contributed by atoms with van der Waals surface area (Å²) in [6, 6.07) is 3.53. The van der Waals surface area contributed by atoms with E-state index < -0.39 is 0 Å². The van der Waals surface area contributed by atoms with Crippen LogP contribution in [0.2, 0.25) is 0 Å². The van der Waals surface area contributed by atoms with Gasteiger partial charge in [0.25, 0.3) is 5.91 Å². The maximum Gasteiger partial charge on any atom is 0.255 e. The van der Waals surface area contributed by atoms with Gasteiger partial charge in [0, 0.05) is 37.1 Å². The molecule has 108 valence electrons. The molecule has 20 heavy (non-hydrogen) atoms. The van der Waals surface area contributed by atoms with Crippen LogP contribution in [0.1, 0.15) is 48.5 Å². The van der Waals surface area contributed by atoms with Crippen LogP contribution in [0.3, 0.4) is 0 Å². The summed E-state index contributed by atoms with van der Waals surface area (Å²) < 4.78 is 0. The van der Waals surface area contributed by atoms with Crippen LogP contribution in [-0.4, -0.2) is 40.5 Å². The van der Waals surface area contributed by atoms with Crippen molar-refractivity contribution in [3.05, 3.63) is 29.6 Å². The van der Waals surface area contributed by atoms with E-state index >= 15 is 0 Å². The normalized spacial score (nSPS) is 28.4. The minimum Gasteiger partial charge on any atom is -0.336 e. The lowest BCUT2D eigenvalue weighted by Crippen LogP contribution is -2.50. The number of hydrogen-bond donors (Lipinski definition) is 1. The second-order valence-electron chi connectivity index (χ2n) is 6.11. The lowest BCUT2D eigenvalue weighted by Gasteiger charge is -2.37. The summed E-state index contributed by atoms with van der Waals surface area (Å²) >= 11 is 0. The Bertz CT molecular complexity index is 490. The van der Waals surface area contributed by atoms with E-state index in [1.54, 1.807) is 12.4 Å². The second kappa shape index (κ2) is 5.52. The van der Waals surface area contributed by atoms with E-state index in [0.29, 0.717) is 18.1 Å². The van der Waals surface area contributed by atoms with Gasteiger partial charge in [0.15, 0.2) is 0 Å². The van der Waals surface area contributed by atoms with Crippen molar-refractivity contribution in [2.75, 3.05) is 6.54 Å². The highest BCUT2D eigenvalue weighted by molar-refractivity contribution is 5.94. The van der Waals surface area contributed by atoms with E-state index in [2.05, 4.69) is 17.2 Å². The lowest BCUT2D eigenvalue weighted by molar-refractivity contribution is 0.0630. The number of amides is 1. The molecule has 2 aliphatic heterocycles. The van der Waals surface area contributed by atoms with Crippen LogP contribution in [0.25, 0.3) is 0 Å². The average Bonchev–Trinajstić information content (AvgIpc) is 2.78. The molecule has 3 heterocycles. The van der Waals surface area contributed by atoms with Gasteiger partial charge in [0.05, 0.1) is 5.56 Å². The predicted octanol–water partition coefficient (Wildman–Crippen LogP) is 2.14.